The van der Waals surface area contributed by atoms with Gasteiger partial charge in [0.15, 0.2) is 0 Å². The minimum atomic E-state index is 0.307. The SMILES string of the molecule is CCc1ccc(C(Br)C2COc3ccccc32)cc1. The molecule has 1 aliphatic heterocycles. The quantitative estimate of drug-likeness (QED) is 0.735. The molecule has 0 saturated heterocycles. The molecule has 2 atom stereocenters. The van der Waals surface area contributed by atoms with Crippen LogP contribution in [0.2, 0.25) is 0 Å². The fourth-order valence-corrected chi connectivity index (χ4v) is 3.34. The number of aryl methyl sites for hydroxylation is 1. The topological polar surface area (TPSA) is 9.23 Å². The van der Waals surface area contributed by atoms with E-state index in [1.165, 1.54) is 16.7 Å². The molecule has 0 aliphatic carbocycles. The zero-order valence-corrected chi connectivity index (χ0v) is 12.6. The molecular weight excluding hydrogens is 300 g/mol. The molecule has 0 aromatic heterocycles. The second-order valence-corrected chi connectivity index (χ2v) is 5.94. The molecule has 19 heavy (non-hydrogen) atoms. The average molecular weight is 317 g/mol. The summed E-state index contributed by atoms with van der Waals surface area (Å²) in [6.45, 7) is 2.94. The van der Waals surface area contributed by atoms with Gasteiger partial charge in [-0.25, -0.2) is 0 Å². The van der Waals surface area contributed by atoms with E-state index >= 15 is 0 Å². The molecule has 2 aromatic rings. The number of ether oxygens (including phenoxy) is 1. The van der Waals surface area contributed by atoms with Gasteiger partial charge in [0.2, 0.25) is 0 Å². The number of halogens is 1. The van der Waals surface area contributed by atoms with E-state index in [0.717, 1.165) is 18.8 Å². The average Bonchev–Trinajstić information content (AvgIpc) is 2.90. The van der Waals surface area contributed by atoms with E-state index in [-0.39, 0.29) is 0 Å². The van der Waals surface area contributed by atoms with Crippen molar-refractivity contribution in [3.05, 3.63) is 65.2 Å². The van der Waals surface area contributed by atoms with Gasteiger partial charge in [0.05, 0.1) is 6.61 Å². The molecule has 0 saturated carbocycles. The van der Waals surface area contributed by atoms with Gasteiger partial charge in [-0.1, -0.05) is 65.3 Å². The Hall–Kier alpha value is -1.28. The summed E-state index contributed by atoms with van der Waals surface area (Å²) in [5.41, 5.74) is 4.01. The minimum Gasteiger partial charge on any atom is -0.493 e. The van der Waals surface area contributed by atoms with Gasteiger partial charge in [0.25, 0.3) is 0 Å². The van der Waals surface area contributed by atoms with E-state index in [1.54, 1.807) is 0 Å². The van der Waals surface area contributed by atoms with Crippen molar-refractivity contribution in [2.75, 3.05) is 6.61 Å². The van der Waals surface area contributed by atoms with Crippen LogP contribution in [0.1, 0.15) is 34.4 Å². The molecule has 0 radical (unpaired) electrons. The lowest BCUT2D eigenvalue weighted by Crippen LogP contribution is -2.07. The van der Waals surface area contributed by atoms with E-state index in [9.17, 15) is 0 Å². The second-order valence-electron chi connectivity index (χ2n) is 4.95. The van der Waals surface area contributed by atoms with Crippen LogP contribution < -0.4 is 4.74 Å². The van der Waals surface area contributed by atoms with E-state index in [4.69, 9.17) is 4.74 Å². The number of para-hydroxylation sites is 1. The number of hydrogen-bond donors (Lipinski definition) is 0. The number of alkyl halides is 1. The first kappa shape index (κ1) is 12.7. The minimum absolute atomic E-state index is 0.307. The van der Waals surface area contributed by atoms with Crippen molar-refractivity contribution in [1.29, 1.82) is 0 Å². The highest BCUT2D eigenvalue weighted by Crippen LogP contribution is 2.45. The first-order valence-electron chi connectivity index (χ1n) is 6.74. The van der Waals surface area contributed by atoms with Crippen molar-refractivity contribution in [2.45, 2.75) is 24.1 Å². The lowest BCUT2D eigenvalue weighted by atomic mass is 9.93. The van der Waals surface area contributed by atoms with Gasteiger partial charge in [-0.05, 0) is 23.6 Å². The molecule has 98 valence electrons. The van der Waals surface area contributed by atoms with Gasteiger partial charge in [-0.2, -0.15) is 0 Å². The van der Waals surface area contributed by atoms with Gasteiger partial charge >= 0.3 is 0 Å². The summed E-state index contributed by atoms with van der Waals surface area (Å²) in [4.78, 5) is 0.307. The molecule has 0 bridgehead atoms. The Bertz CT molecular complexity index is 562. The third-order valence-electron chi connectivity index (χ3n) is 3.80. The van der Waals surface area contributed by atoms with E-state index < -0.39 is 0 Å². The normalized spacial score (nSPS) is 18.7. The predicted octanol–water partition coefficient (Wildman–Crippen LogP) is 4.86. The molecule has 2 heteroatoms. The molecule has 2 aromatic carbocycles. The summed E-state index contributed by atoms with van der Waals surface area (Å²) in [6.07, 6.45) is 1.09. The first-order valence-corrected chi connectivity index (χ1v) is 7.66. The van der Waals surface area contributed by atoms with Crippen molar-refractivity contribution < 1.29 is 4.74 Å². The predicted molar refractivity (Wildman–Crippen MR) is 82.2 cm³/mol. The fourth-order valence-electron chi connectivity index (χ4n) is 2.60. The number of benzene rings is 2. The monoisotopic (exact) mass is 316 g/mol. The molecular formula is C17H17BrO. The van der Waals surface area contributed by atoms with Gasteiger partial charge in [-0.3, -0.25) is 0 Å². The van der Waals surface area contributed by atoms with Crippen LogP contribution in [0.5, 0.6) is 5.75 Å². The maximum atomic E-state index is 5.77. The Morgan fingerprint density at radius 2 is 1.89 bits per heavy atom. The lowest BCUT2D eigenvalue weighted by Gasteiger charge is -2.17. The third-order valence-corrected chi connectivity index (χ3v) is 4.96. The van der Waals surface area contributed by atoms with Crippen molar-refractivity contribution >= 4 is 15.9 Å². The van der Waals surface area contributed by atoms with Crippen molar-refractivity contribution in [3.63, 3.8) is 0 Å². The van der Waals surface area contributed by atoms with Gasteiger partial charge in [0.1, 0.15) is 5.75 Å². The van der Waals surface area contributed by atoms with Crippen LogP contribution in [0.3, 0.4) is 0 Å². The summed E-state index contributed by atoms with van der Waals surface area (Å²) in [5.74, 6) is 1.42. The van der Waals surface area contributed by atoms with E-state index in [0.29, 0.717) is 10.7 Å². The molecule has 0 fully saturated rings. The van der Waals surface area contributed by atoms with E-state index in [1.807, 2.05) is 6.07 Å². The molecule has 1 aliphatic rings. The summed E-state index contributed by atoms with van der Waals surface area (Å²) in [6, 6.07) is 17.2. The van der Waals surface area contributed by atoms with Crippen LogP contribution >= 0.6 is 15.9 Å². The van der Waals surface area contributed by atoms with Crippen molar-refractivity contribution in [2.24, 2.45) is 0 Å². The Labute approximate surface area is 122 Å². The molecule has 1 heterocycles. The van der Waals surface area contributed by atoms with Gasteiger partial charge in [-0.15, -0.1) is 0 Å². The first-order chi connectivity index (χ1) is 9.29. The smallest absolute Gasteiger partial charge is 0.122 e. The molecule has 0 spiro atoms. The largest absolute Gasteiger partial charge is 0.493 e. The number of rotatable bonds is 3. The molecule has 2 unspecified atom stereocenters. The summed E-state index contributed by atoms with van der Waals surface area (Å²) >= 11 is 3.85. The highest BCUT2D eigenvalue weighted by molar-refractivity contribution is 9.09. The van der Waals surface area contributed by atoms with Crippen LogP contribution in [-0.4, -0.2) is 6.61 Å². The molecule has 0 amide bonds. The standard InChI is InChI=1S/C17H17BrO/c1-2-12-7-9-13(10-8-12)17(18)15-11-19-16-6-4-3-5-14(15)16/h3-10,15,17H,2,11H2,1H3. The van der Waals surface area contributed by atoms with Gasteiger partial charge in [0, 0.05) is 16.3 Å². The molecule has 0 N–H and O–H groups in total. The van der Waals surface area contributed by atoms with Crippen LogP contribution in [0, 0.1) is 0 Å². The summed E-state index contributed by atoms with van der Waals surface area (Å²) in [5, 5.41) is 0. The number of fused-ring (bicyclic) bond motifs is 1. The van der Waals surface area contributed by atoms with E-state index in [2.05, 4.69) is 65.3 Å². The zero-order valence-electron chi connectivity index (χ0n) is 11.0. The Balaban J connectivity index is 1.86. The fraction of sp³-hybridized carbons (Fsp3) is 0.294. The molecule has 1 nitrogen and oxygen atoms in total. The Morgan fingerprint density at radius 1 is 1.16 bits per heavy atom. The van der Waals surface area contributed by atoms with Crippen LogP contribution in [0.25, 0.3) is 0 Å². The highest BCUT2D eigenvalue weighted by Gasteiger charge is 2.30. The maximum absolute atomic E-state index is 5.77. The van der Waals surface area contributed by atoms with Crippen molar-refractivity contribution in [1.82, 2.24) is 0 Å². The Morgan fingerprint density at radius 3 is 2.63 bits per heavy atom. The van der Waals surface area contributed by atoms with Crippen LogP contribution in [0.4, 0.5) is 0 Å². The summed E-state index contributed by atoms with van der Waals surface area (Å²) in [7, 11) is 0. The maximum Gasteiger partial charge on any atom is 0.122 e. The lowest BCUT2D eigenvalue weighted by molar-refractivity contribution is 0.329. The summed E-state index contributed by atoms with van der Waals surface area (Å²) < 4.78 is 5.77. The second kappa shape index (κ2) is 5.38. The zero-order chi connectivity index (χ0) is 13.2. The highest BCUT2D eigenvalue weighted by atomic mass is 79.9. The Kier molecular flexibility index (Phi) is 3.61. The van der Waals surface area contributed by atoms with Gasteiger partial charge < -0.3 is 4.74 Å². The molecule has 3 rings (SSSR count). The third kappa shape index (κ3) is 2.42. The van der Waals surface area contributed by atoms with Crippen LogP contribution in [-0.2, 0) is 6.42 Å². The number of hydrogen-bond acceptors (Lipinski definition) is 1. The van der Waals surface area contributed by atoms with Crippen molar-refractivity contribution in [3.8, 4) is 5.75 Å². The van der Waals surface area contributed by atoms with Crippen LogP contribution in [0.15, 0.2) is 48.5 Å².